The second kappa shape index (κ2) is 9.19. The fraction of sp³-hybridized carbons (Fsp3) is 0.0800. The highest BCUT2D eigenvalue weighted by atomic mass is 16.3. The Hall–Kier alpha value is -4.03. The van der Waals surface area contributed by atoms with Crippen molar-refractivity contribution in [2.75, 3.05) is 5.73 Å². The molecule has 1 amide bonds. The number of nitrogens with two attached hydrogens (primary N) is 1. The van der Waals surface area contributed by atoms with Gasteiger partial charge in [-0.25, -0.2) is 9.97 Å². The van der Waals surface area contributed by atoms with Gasteiger partial charge in [-0.05, 0) is 11.1 Å². The minimum Gasteiger partial charge on any atom is -0.386 e. The van der Waals surface area contributed by atoms with Crippen LogP contribution in [0.15, 0.2) is 97.2 Å². The van der Waals surface area contributed by atoms with Crippen molar-refractivity contribution in [1.29, 1.82) is 0 Å². The van der Waals surface area contributed by atoms with Crippen molar-refractivity contribution < 1.29 is 9.90 Å². The van der Waals surface area contributed by atoms with Crippen LogP contribution in [0.5, 0.6) is 0 Å². The number of hydrogen-bond acceptors (Lipinski definition) is 5. The summed E-state index contributed by atoms with van der Waals surface area (Å²) in [6.07, 6.45) is 0.577. The maximum Gasteiger partial charge on any atom is 0.274 e. The quantitative estimate of drug-likeness (QED) is 0.447. The number of carbonyl (C=O) groups excluding carboxylic acids is 1. The Morgan fingerprint density at radius 2 is 1.39 bits per heavy atom. The molecule has 4 N–H and O–H groups in total. The van der Waals surface area contributed by atoms with Crippen LogP contribution in [0.2, 0.25) is 0 Å². The number of benzene rings is 3. The highest BCUT2D eigenvalue weighted by Crippen LogP contribution is 2.29. The summed E-state index contributed by atoms with van der Waals surface area (Å²) in [5.74, 6) is -0.482. The highest BCUT2D eigenvalue weighted by Gasteiger charge is 2.26. The molecule has 31 heavy (non-hydrogen) atoms. The van der Waals surface area contributed by atoms with Gasteiger partial charge in [0, 0.05) is 5.56 Å². The zero-order chi connectivity index (χ0) is 21.6. The van der Waals surface area contributed by atoms with Crippen LogP contribution in [0.1, 0.15) is 33.8 Å². The fourth-order valence-electron chi connectivity index (χ4n) is 3.37. The molecule has 2 atom stereocenters. The molecule has 0 spiro atoms. The maximum atomic E-state index is 13.2. The smallest absolute Gasteiger partial charge is 0.274 e. The molecule has 6 heteroatoms. The lowest BCUT2D eigenvalue weighted by Gasteiger charge is -2.25. The van der Waals surface area contributed by atoms with Gasteiger partial charge in [0.1, 0.15) is 6.10 Å². The molecule has 1 heterocycles. The summed E-state index contributed by atoms with van der Waals surface area (Å²) in [6.45, 7) is 0. The summed E-state index contributed by atoms with van der Waals surface area (Å²) in [5.41, 5.74) is 8.81. The summed E-state index contributed by atoms with van der Waals surface area (Å²) in [6, 6.07) is 27.2. The van der Waals surface area contributed by atoms with Gasteiger partial charge in [0.15, 0.2) is 11.5 Å². The number of rotatable bonds is 6. The molecule has 6 nitrogen and oxygen atoms in total. The van der Waals surface area contributed by atoms with Crippen LogP contribution in [-0.4, -0.2) is 21.0 Å². The third-order valence-electron chi connectivity index (χ3n) is 4.99. The van der Waals surface area contributed by atoms with Crippen molar-refractivity contribution in [1.82, 2.24) is 15.3 Å². The van der Waals surface area contributed by atoms with Crippen LogP contribution >= 0.6 is 0 Å². The Balaban J connectivity index is 1.67. The van der Waals surface area contributed by atoms with E-state index in [1.165, 1.54) is 6.20 Å². The van der Waals surface area contributed by atoms with E-state index in [1.54, 1.807) is 0 Å². The molecule has 0 unspecified atom stereocenters. The number of nitrogen functional groups attached to an aromatic ring is 1. The van der Waals surface area contributed by atoms with Crippen LogP contribution in [0, 0.1) is 0 Å². The number of carbonyl (C=O) groups is 1. The van der Waals surface area contributed by atoms with E-state index in [1.807, 2.05) is 91.0 Å². The van der Waals surface area contributed by atoms with Crippen LogP contribution in [0.3, 0.4) is 0 Å². The second-order valence-corrected chi connectivity index (χ2v) is 7.07. The molecule has 0 saturated heterocycles. The predicted octanol–water partition coefficient (Wildman–Crippen LogP) is 3.93. The lowest BCUT2D eigenvalue weighted by Crippen LogP contribution is -2.34. The van der Waals surface area contributed by atoms with Crippen molar-refractivity contribution >= 4 is 11.7 Å². The highest BCUT2D eigenvalue weighted by molar-refractivity contribution is 5.97. The molecule has 154 valence electrons. The van der Waals surface area contributed by atoms with Crippen LogP contribution < -0.4 is 11.1 Å². The Morgan fingerprint density at radius 3 is 2.00 bits per heavy atom. The molecule has 1 aromatic heterocycles. The van der Waals surface area contributed by atoms with Gasteiger partial charge in [-0.15, -0.1) is 0 Å². The minimum atomic E-state index is -0.959. The number of amides is 1. The molecule has 0 bridgehead atoms. The monoisotopic (exact) mass is 410 g/mol. The molecular formula is C25H22N4O2. The minimum absolute atomic E-state index is 0.0162. The molecule has 4 rings (SSSR count). The lowest BCUT2D eigenvalue weighted by molar-refractivity contribution is 0.0827. The molecule has 3 aromatic carbocycles. The van der Waals surface area contributed by atoms with Crippen molar-refractivity contribution in [2.45, 2.75) is 12.1 Å². The summed E-state index contributed by atoms with van der Waals surface area (Å²) in [7, 11) is 0. The number of nitrogens with one attached hydrogen (secondary N) is 1. The first kappa shape index (κ1) is 20.3. The van der Waals surface area contributed by atoms with Gasteiger partial charge >= 0.3 is 0 Å². The van der Waals surface area contributed by atoms with E-state index in [4.69, 9.17) is 5.73 Å². The molecule has 0 aliphatic carbocycles. The Bertz CT molecular complexity index is 1150. The van der Waals surface area contributed by atoms with Crippen LogP contribution in [0.4, 0.5) is 5.82 Å². The van der Waals surface area contributed by atoms with Crippen molar-refractivity contribution in [3.05, 3.63) is 114 Å². The van der Waals surface area contributed by atoms with Gasteiger partial charge < -0.3 is 16.2 Å². The Morgan fingerprint density at radius 1 is 0.839 bits per heavy atom. The largest absolute Gasteiger partial charge is 0.386 e. The van der Waals surface area contributed by atoms with E-state index in [0.717, 1.165) is 11.1 Å². The lowest BCUT2D eigenvalue weighted by atomic mass is 9.95. The van der Waals surface area contributed by atoms with Gasteiger partial charge in [0.25, 0.3) is 5.91 Å². The summed E-state index contributed by atoms with van der Waals surface area (Å²) in [4.78, 5) is 21.8. The average Bonchev–Trinajstić information content (AvgIpc) is 2.84. The number of nitrogens with zero attached hydrogens (tertiary/aromatic N) is 2. The normalized spacial score (nSPS) is 12.7. The van der Waals surface area contributed by atoms with E-state index >= 15 is 0 Å². The molecule has 4 aromatic rings. The van der Waals surface area contributed by atoms with Crippen molar-refractivity contribution in [3.8, 4) is 11.3 Å². The van der Waals surface area contributed by atoms with Crippen molar-refractivity contribution in [3.63, 3.8) is 0 Å². The van der Waals surface area contributed by atoms with Gasteiger partial charge in [0.05, 0.1) is 17.9 Å². The molecule has 0 saturated carbocycles. The first-order chi connectivity index (χ1) is 15.1. The summed E-state index contributed by atoms with van der Waals surface area (Å²) in [5, 5.41) is 13.9. The standard InChI is InChI=1S/C25H22N4O2/c26-24-22(28-20(16-27-24)17-10-4-1-5-11-17)25(31)29-21(18-12-6-2-7-13-18)23(30)19-14-8-3-9-15-19/h1-16,21,23,30H,(H2,26,27)(H,29,31)/t21-,23-/m0/s1. The number of anilines is 1. The fourth-order valence-corrected chi connectivity index (χ4v) is 3.37. The summed E-state index contributed by atoms with van der Waals surface area (Å²) < 4.78 is 0. The number of aliphatic hydroxyl groups excluding tert-OH is 1. The van der Waals surface area contributed by atoms with E-state index in [9.17, 15) is 9.90 Å². The van der Waals surface area contributed by atoms with Crippen LogP contribution in [0.25, 0.3) is 11.3 Å². The van der Waals surface area contributed by atoms with Gasteiger partial charge in [-0.3, -0.25) is 4.79 Å². The zero-order valence-corrected chi connectivity index (χ0v) is 16.7. The van der Waals surface area contributed by atoms with Gasteiger partial charge in [0.2, 0.25) is 0 Å². The molecule has 0 aliphatic rings. The second-order valence-electron chi connectivity index (χ2n) is 7.07. The molecule has 0 radical (unpaired) electrons. The number of hydrogen-bond donors (Lipinski definition) is 3. The van der Waals surface area contributed by atoms with E-state index in [2.05, 4.69) is 15.3 Å². The first-order valence-electron chi connectivity index (χ1n) is 9.90. The van der Waals surface area contributed by atoms with Crippen molar-refractivity contribution in [2.24, 2.45) is 0 Å². The SMILES string of the molecule is Nc1ncc(-c2ccccc2)nc1C(=O)N[C@@H](c1ccccc1)[C@@H](O)c1ccccc1. The predicted molar refractivity (Wildman–Crippen MR) is 120 cm³/mol. The molecular weight excluding hydrogens is 388 g/mol. The maximum absolute atomic E-state index is 13.2. The Labute approximate surface area is 180 Å². The van der Waals surface area contributed by atoms with Gasteiger partial charge in [-0.1, -0.05) is 91.0 Å². The van der Waals surface area contributed by atoms with E-state index < -0.39 is 18.1 Å². The van der Waals surface area contributed by atoms with E-state index in [0.29, 0.717) is 11.3 Å². The zero-order valence-electron chi connectivity index (χ0n) is 16.7. The third-order valence-corrected chi connectivity index (χ3v) is 4.99. The first-order valence-corrected chi connectivity index (χ1v) is 9.90. The average molecular weight is 410 g/mol. The number of aliphatic hydroxyl groups is 1. The van der Waals surface area contributed by atoms with Gasteiger partial charge in [-0.2, -0.15) is 0 Å². The van der Waals surface area contributed by atoms with Crippen LogP contribution in [-0.2, 0) is 0 Å². The molecule has 0 aliphatic heterocycles. The Kier molecular flexibility index (Phi) is 6.01. The topological polar surface area (TPSA) is 101 Å². The summed E-state index contributed by atoms with van der Waals surface area (Å²) >= 11 is 0. The number of aromatic nitrogens is 2. The third kappa shape index (κ3) is 4.60. The molecule has 0 fully saturated rings. The van der Waals surface area contributed by atoms with E-state index in [-0.39, 0.29) is 11.5 Å².